The van der Waals surface area contributed by atoms with Crippen molar-refractivity contribution in [1.29, 1.82) is 0 Å². The van der Waals surface area contributed by atoms with Gasteiger partial charge in [-0.25, -0.2) is 0 Å². The minimum Gasteiger partial charge on any atom is -0.322 e. The number of hydrogen-bond donors (Lipinski definition) is 1. The molecular weight excluding hydrogens is 404 g/mol. The van der Waals surface area contributed by atoms with Gasteiger partial charge in [0.1, 0.15) is 5.37 Å². The molecule has 0 bridgehead atoms. The summed E-state index contributed by atoms with van der Waals surface area (Å²) in [5, 5.41) is 2.89. The molecule has 2 amide bonds. The topological polar surface area (TPSA) is 49.4 Å². The van der Waals surface area contributed by atoms with E-state index in [-0.39, 0.29) is 17.2 Å². The third-order valence-corrected chi connectivity index (χ3v) is 6.74. The first-order valence-electron chi connectivity index (χ1n) is 10.4. The Morgan fingerprint density at radius 1 is 1.00 bits per heavy atom. The second-order valence-electron chi connectivity index (χ2n) is 8.03. The molecule has 0 saturated carbocycles. The largest absolute Gasteiger partial charge is 0.322 e. The first-order chi connectivity index (χ1) is 15.0. The van der Waals surface area contributed by atoms with Crippen molar-refractivity contribution >= 4 is 35.0 Å². The molecule has 4 rings (SSSR count). The average Bonchev–Trinajstić information content (AvgIpc) is 3.15. The maximum Gasteiger partial charge on any atom is 0.255 e. The molecule has 1 unspecified atom stereocenters. The second-order valence-corrected chi connectivity index (χ2v) is 9.10. The van der Waals surface area contributed by atoms with Crippen LogP contribution in [0.5, 0.6) is 0 Å². The molecule has 3 aromatic rings. The molecule has 5 heteroatoms. The zero-order chi connectivity index (χ0) is 22.0. The van der Waals surface area contributed by atoms with Crippen molar-refractivity contribution in [1.82, 2.24) is 0 Å². The Bertz CT molecular complexity index is 1110. The fraction of sp³-hybridized carbons (Fsp3) is 0.231. The number of carbonyl (C=O) groups is 2. The van der Waals surface area contributed by atoms with Crippen molar-refractivity contribution in [3.63, 3.8) is 0 Å². The summed E-state index contributed by atoms with van der Waals surface area (Å²) in [6.45, 7) is 6.22. The van der Waals surface area contributed by atoms with E-state index in [1.807, 2.05) is 78.6 Å². The van der Waals surface area contributed by atoms with Gasteiger partial charge in [0.2, 0.25) is 5.91 Å². The monoisotopic (exact) mass is 430 g/mol. The van der Waals surface area contributed by atoms with Crippen LogP contribution >= 0.6 is 11.8 Å². The number of hydrogen-bond acceptors (Lipinski definition) is 3. The van der Waals surface area contributed by atoms with E-state index >= 15 is 0 Å². The molecule has 1 atom stereocenters. The van der Waals surface area contributed by atoms with Gasteiger partial charge in [-0.3, -0.25) is 14.5 Å². The lowest BCUT2D eigenvalue weighted by molar-refractivity contribution is -0.115. The van der Waals surface area contributed by atoms with Crippen LogP contribution in [0.25, 0.3) is 0 Å². The Morgan fingerprint density at radius 3 is 2.39 bits per heavy atom. The first-order valence-corrected chi connectivity index (χ1v) is 11.5. The standard InChI is InChI=1S/C26H26N2O2S/c1-17(2)21-9-6-7-11-23(21)28-24(29)16-31-26(28)19-12-14-20(15-13-19)27-25(30)22-10-5-4-8-18(22)3/h4-15,17,26H,16H2,1-3H3,(H,27,30). The molecule has 1 fully saturated rings. The summed E-state index contributed by atoms with van der Waals surface area (Å²) < 4.78 is 0. The van der Waals surface area contributed by atoms with E-state index in [2.05, 4.69) is 25.2 Å². The number of thioether (sulfide) groups is 1. The molecule has 1 N–H and O–H groups in total. The van der Waals surface area contributed by atoms with E-state index in [0.717, 1.165) is 22.5 Å². The lowest BCUT2D eigenvalue weighted by Gasteiger charge is -2.27. The predicted octanol–water partition coefficient (Wildman–Crippen LogP) is 6.15. The number of nitrogens with zero attached hydrogens (tertiary/aromatic N) is 1. The molecule has 0 aromatic heterocycles. The van der Waals surface area contributed by atoms with E-state index in [1.165, 1.54) is 5.56 Å². The molecule has 4 nitrogen and oxygen atoms in total. The third kappa shape index (κ3) is 4.37. The Morgan fingerprint density at radius 2 is 1.68 bits per heavy atom. The van der Waals surface area contributed by atoms with Gasteiger partial charge in [-0.15, -0.1) is 11.8 Å². The zero-order valence-electron chi connectivity index (χ0n) is 18.0. The fourth-order valence-electron chi connectivity index (χ4n) is 3.88. The number of benzene rings is 3. The molecule has 31 heavy (non-hydrogen) atoms. The molecule has 158 valence electrons. The Hall–Kier alpha value is -3.05. The number of aryl methyl sites for hydroxylation is 1. The van der Waals surface area contributed by atoms with Gasteiger partial charge in [-0.1, -0.05) is 62.4 Å². The number of amides is 2. The van der Waals surface area contributed by atoms with Crippen molar-refractivity contribution in [2.75, 3.05) is 16.0 Å². The molecule has 1 saturated heterocycles. The van der Waals surface area contributed by atoms with E-state index in [0.29, 0.717) is 17.2 Å². The van der Waals surface area contributed by atoms with Crippen LogP contribution in [0.15, 0.2) is 72.8 Å². The Labute approximate surface area is 187 Å². The van der Waals surface area contributed by atoms with Gasteiger partial charge < -0.3 is 5.32 Å². The maximum atomic E-state index is 12.8. The smallest absolute Gasteiger partial charge is 0.255 e. The third-order valence-electron chi connectivity index (χ3n) is 5.53. The number of para-hydroxylation sites is 1. The Balaban J connectivity index is 1.57. The van der Waals surface area contributed by atoms with Crippen molar-refractivity contribution in [3.8, 4) is 0 Å². The molecule has 0 aliphatic carbocycles. The van der Waals surface area contributed by atoms with Crippen LogP contribution in [0.2, 0.25) is 0 Å². The van der Waals surface area contributed by atoms with E-state index in [4.69, 9.17) is 0 Å². The number of carbonyl (C=O) groups excluding carboxylic acids is 2. The second kappa shape index (κ2) is 8.98. The molecular formula is C26H26N2O2S. The van der Waals surface area contributed by atoms with Crippen molar-refractivity contribution in [2.24, 2.45) is 0 Å². The summed E-state index contributed by atoms with van der Waals surface area (Å²) in [7, 11) is 0. The average molecular weight is 431 g/mol. The lowest BCUT2D eigenvalue weighted by atomic mass is 10.00. The van der Waals surface area contributed by atoms with Gasteiger partial charge in [0.15, 0.2) is 0 Å². The minimum absolute atomic E-state index is 0.0754. The van der Waals surface area contributed by atoms with Crippen LogP contribution < -0.4 is 10.2 Å². The SMILES string of the molecule is Cc1ccccc1C(=O)Nc1ccc(C2SCC(=O)N2c2ccccc2C(C)C)cc1. The summed E-state index contributed by atoms with van der Waals surface area (Å²) >= 11 is 1.63. The quantitative estimate of drug-likeness (QED) is 0.528. The number of anilines is 2. The van der Waals surface area contributed by atoms with Gasteiger partial charge in [0.25, 0.3) is 5.91 Å². The van der Waals surface area contributed by atoms with Crippen molar-refractivity contribution in [2.45, 2.75) is 32.1 Å². The molecule has 0 spiro atoms. The Kier molecular flexibility index (Phi) is 6.14. The summed E-state index contributed by atoms with van der Waals surface area (Å²) in [6.07, 6.45) is 0. The molecule has 3 aromatic carbocycles. The van der Waals surface area contributed by atoms with Crippen LogP contribution in [-0.2, 0) is 4.79 Å². The van der Waals surface area contributed by atoms with Gasteiger partial charge in [-0.05, 0) is 53.8 Å². The van der Waals surface area contributed by atoms with Crippen LogP contribution in [-0.4, -0.2) is 17.6 Å². The van der Waals surface area contributed by atoms with Gasteiger partial charge in [0.05, 0.1) is 5.75 Å². The van der Waals surface area contributed by atoms with E-state index in [1.54, 1.807) is 11.8 Å². The molecule has 1 heterocycles. The highest BCUT2D eigenvalue weighted by molar-refractivity contribution is 8.00. The first kappa shape index (κ1) is 21.2. The highest BCUT2D eigenvalue weighted by atomic mass is 32.2. The molecule has 0 radical (unpaired) electrons. The zero-order valence-corrected chi connectivity index (χ0v) is 18.8. The van der Waals surface area contributed by atoms with Crippen LogP contribution in [0.3, 0.4) is 0 Å². The van der Waals surface area contributed by atoms with Crippen LogP contribution in [0.1, 0.15) is 52.2 Å². The summed E-state index contributed by atoms with van der Waals surface area (Å²) in [6, 6.07) is 23.5. The lowest BCUT2D eigenvalue weighted by Crippen LogP contribution is -2.29. The van der Waals surface area contributed by atoms with Crippen molar-refractivity contribution in [3.05, 3.63) is 95.1 Å². The summed E-state index contributed by atoms with van der Waals surface area (Å²) in [5.74, 6) is 0.793. The molecule has 1 aliphatic rings. The number of rotatable bonds is 5. The van der Waals surface area contributed by atoms with Crippen LogP contribution in [0, 0.1) is 6.92 Å². The fourth-order valence-corrected chi connectivity index (χ4v) is 5.05. The highest BCUT2D eigenvalue weighted by Crippen LogP contribution is 2.44. The van der Waals surface area contributed by atoms with Crippen LogP contribution in [0.4, 0.5) is 11.4 Å². The van der Waals surface area contributed by atoms with Crippen molar-refractivity contribution < 1.29 is 9.59 Å². The van der Waals surface area contributed by atoms with Gasteiger partial charge in [-0.2, -0.15) is 0 Å². The van der Waals surface area contributed by atoms with Gasteiger partial charge in [0, 0.05) is 16.9 Å². The summed E-state index contributed by atoms with van der Waals surface area (Å²) in [4.78, 5) is 27.3. The molecule has 1 aliphatic heterocycles. The minimum atomic E-state index is -0.122. The van der Waals surface area contributed by atoms with E-state index in [9.17, 15) is 9.59 Å². The highest BCUT2D eigenvalue weighted by Gasteiger charge is 2.35. The number of nitrogens with one attached hydrogen (secondary N) is 1. The summed E-state index contributed by atoms with van der Waals surface area (Å²) in [5.41, 5.74) is 5.54. The van der Waals surface area contributed by atoms with Gasteiger partial charge >= 0.3 is 0 Å². The normalized spacial score (nSPS) is 16.1. The maximum absolute atomic E-state index is 12.8. The predicted molar refractivity (Wildman–Crippen MR) is 129 cm³/mol. The van der Waals surface area contributed by atoms with E-state index < -0.39 is 0 Å².